The first-order chi connectivity index (χ1) is 11.6. The Labute approximate surface area is 148 Å². The minimum Gasteiger partial charge on any atom is -0.488 e. The lowest BCUT2D eigenvalue weighted by Crippen LogP contribution is -2.21. The molecule has 1 atom stereocenters. The van der Waals surface area contributed by atoms with Crippen molar-refractivity contribution in [3.63, 3.8) is 0 Å². The Morgan fingerprint density at radius 1 is 1.12 bits per heavy atom. The Morgan fingerprint density at radius 2 is 2.00 bits per heavy atom. The van der Waals surface area contributed by atoms with Crippen LogP contribution >= 0.6 is 15.9 Å². The zero-order valence-electron chi connectivity index (χ0n) is 13.1. The van der Waals surface area contributed by atoms with Crippen molar-refractivity contribution in [2.45, 2.75) is 19.6 Å². The van der Waals surface area contributed by atoms with E-state index in [1.807, 2.05) is 31.2 Å². The molecule has 0 unspecified atom stereocenters. The Bertz CT molecular complexity index is 841. The highest BCUT2D eigenvalue weighted by atomic mass is 79.9. The summed E-state index contributed by atoms with van der Waals surface area (Å²) in [6, 6.07) is 9.63. The van der Waals surface area contributed by atoms with Crippen molar-refractivity contribution in [1.29, 1.82) is 0 Å². The molecule has 1 aromatic carbocycles. The lowest BCUT2D eigenvalue weighted by atomic mass is 10.2. The van der Waals surface area contributed by atoms with Gasteiger partial charge in [0.2, 0.25) is 0 Å². The number of rotatable bonds is 6. The fourth-order valence-corrected chi connectivity index (χ4v) is 2.63. The zero-order chi connectivity index (χ0) is 16.9. The topological polar surface area (TPSA) is 64.5 Å². The van der Waals surface area contributed by atoms with Crippen molar-refractivity contribution in [2.24, 2.45) is 0 Å². The van der Waals surface area contributed by atoms with Gasteiger partial charge in [0.1, 0.15) is 24.2 Å². The van der Waals surface area contributed by atoms with Crippen LogP contribution in [-0.4, -0.2) is 27.8 Å². The molecule has 0 fully saturated rings. The van der Waals surface area contributed by atoms with Gasteiger partial charge in [0.05, 0.1) is 24.5 Å². The molecular weight excluding hydrogens is 372 g/mol. The van der Waals surface area contributed by atoms with Gasteiger partial charge in [0, 0.05) is 16.1 Å². The Balaban J connectivity index is 1.62. The van der Waals surface area contributed by atoms with Gasteiger partial charge in [0.15, 0.2) is 0 Å². The van der Waals surface area contributed by atoms with Gasteiger partial charge in [-0.05, 0) is 42.8 Å². The minimum atomic E-state index is -0.158. The van der Waals surface area contributed by atoms with Gasteiger partial charge in [-0.15, -0.1) is 0 Å². The molecule has 0 bridgehead atoms. The molecule has 0 saturated heterocycles. The van der Waals surface area contributed by atoms with Crippen LogP contribution in [-0.2, 0) is 6.61 Å². The summed E-state index contributed by atoms with van der Waals surface area (Å²) >= 11 is 3.46. The van der Waals surface area contributed by atoms with E-state index in [1.165, 1.54) is 0 Å². The highest BCUT2D eigenvalue weighted by Gasteiger charge is 2.08. The standard InChI is InChI=1S/C18H17BrN2O3/c1-12(11-23-16-4-13(10-22)7-20-8-16)24-17-6-14-5-15(19)2-3-18(14)21-9-17/h2-9,12,22H,10-11H2,1H3/t12-/m0/s1. The van der Waals surface area contributed by atoms with E-state index in [4.69, 9.17) is 14.6 Å². The maximum Gasteiger partial charge on any atom is 0.138 e. The van der Waals surface area contributed by atoms with Gasteiger partial charge in [-0.2, -0.15) is 0 Å². The normalized spacial score (nSPS) is 12.1. The number of pyridine rings is 2. The van der Waals surface area contributed by atoms with Crippen LogP contribution in [0.25, 0.3) is 10.9 Å². The summed E-state index contributed by atoms with van der Waals surface area (Å²) in [6.07, 6.45) is 4.77. The number of aromatic nitrogens is 2. The average molecular weight is 389 g/mol. The maximum absolute atomic E-state index is 9.11. The largest absolute Gasteiger partial charge is 0.488 e. The number of nitrogens with zero attached hydrogens (tertiary/aromatic N) is 2. The van der Waals surface area contributed by atoms with Crippen molar-refractivity contribution in [2.75, 3.05) is 6.61 Å². The Hall–Kier alpha value is -2.18. The van der Waals surface area contributed by atoms with E-state index in [0.29, 0.717) is 23.7 Å². The molecule has 0 spiro atoms. The number of aliphatic hydroxyl groups is 1. The molecule has 1 N–H and O–H groups in total. The Morgan fingerprint density at radius 3 is 2.83 bits per heavy atom. The lowest BCUT2D eigenvalue weighted by Gasteiger charge is -2.16. The van der Waals surface area contributed by atoms with Gasteiger partial charge in [-0.3, -0.25) is 9.97 Å². The van der Waals surface area contributed by atoms with Gasteiger partial charge >= 0.3 is 0 Å². The van der Waals surface area contributed by atoms with Crippen LogP contribution in [0.3, 0.4) is 0 Å². The van der Waals surface area contributed by atoms with E-state index in [2.05, 4.69) is 25.9 Å². The number of benzene rings is 1. The van der Waals surface area contributed by atoms with E-state index in [1.54, 1.807) is 24.7 Å². The first-order valence-electron chi connectivity index (χ1n) is 7.53. The van der Waals surface area contributed by atoms with Gasteiger partial charge < -0.3 is 14.6 Å². The second kappa shape index (κ2) is 7.59. The maximum atomic E-state index is 9.11. The molecular formula is C18H17BrN2O3. The molecule has 6 heteroatoms. The first kappa shape index (κ1) is 16.7. The SMILES string of the molecule is C[C@@H](COc1cncc(CO)c1)Oc1cnc2ccc(Br)cc2c1. The number of hydrogen-bond donors (Lipinski definition) is 1. The summed E-state index contributed by atoms with van der Waals surface area (Å²) in [5.41, 5.74) is 1.63. The van der Waals surface area contributed by atoms with Crippen LogP contribution in [0.15, 0.2) is 53.4 Å². The van der Waals surface area contributed by atoms with Crippen LogP contribution in [0.1, 0.15) is 12.5 Å². The van der Waals surface area contributed by atoms with E-state index >= 15 is 0 Å². The van der Waals surface area contributed by atoms with Crippen LogP contribution in [0.5, 0.6) is 11.5 Å². The number of aliphatic hydroxyl groups excluding tert-OH is 1. The third kappa shape index (κ3) is 4.21. The van der Waals surface area contributed by atoms with Gasteiger partial charge in [-0.1, -0.05) is 15.9 Å². The van der Waals surface area contributed by atoms with Crippen molar-refractivity contribution in [1.82, 2.24) is 9.97 Å². The highest BCUT2D eigenvalue weighted by Crippen LogP contribution is 2.23. The summed E-state index contributed by atoms with van der Waals surface area (Å²) in [7, 11) is 0. The highest BCUT2D eigenvalue weighted by molar-refractivity contribution is 9.10. The Kier molecular flexibility index (Phi) is 5.27. The van der Waals surface area contributed by atoms with Crippen molar-refractivity contribution >= 4 is 26.8 Å². The van der Waals surface area contributed by atoms with Crippen LogP contribution in [0, 0.1) is 0 Å². The number of hydrogen-bond acceptors (Lipinski definition) is 5. The van der Waals surface area contributed by atoms with Crippen molar-refractivity contribution in [3.8, 4) is 11.5 Å². The molecule has 0 aliphatic heterocycles. The number of halogens is 1. The zero-order valence-corrected chi connectivity index (χ0v) is 14.7. The molecule has 2 aromatic heterocycles. The van der Waals surface area contributed by atoms with Gasteiger partial charge in [-0.25, -0.2) is 0 Å². The van der Waals surface area contributed by atoms with Crippen LogP contribution in [0.4, 0.5) is 0 Å². The molecule has 2 heterocycles. The van der Waals surface area contributed by atoms with Crippen LogP contribution < -0.4 is 9.47 Å². The summed E-state index contributed by atoms with van der Waals surface area (Å²) in [4.78, 5) is 8.41. The van der Waals surface area contributed by atoms with E-state index < -0.39 is 0 Å². The predicted molar refractivity (Wildman–Crippen MR) is 95.2 cm³/mol. The molecule has 3 rings (SSSR count). The number of ether oxygens (including phenoxy) is 2. The molecule has 0 aliphatic rings. The van der Waals surface area contributed by atoms with E-state index in [0.717, 1.165) is 15.4 Å². The molecule has 124 valence electrons. The third-order valence-electron chi connectivity index (χ3n) is 3.39. The van der Waals surface area contributed by atoms with Crippen molar-refractivity contribution in [3.05, 3.63) is 59.0 Å². The van der Waals surface area contributed by atoms with Crippen molar-refractivity contribution < 1.29 is 14.6 Å². The fraction of sp³-hybridized carbons (Fsp3) is 0.222. The minimum absolute atomic E-state index is 0.0609. The molecule has 3 aromatic rings. The second-order valence-corrected chi connectivity index (χ2v) is 6.35. The molecule has 24 heavy (non-hydrogen) atoms. The lowest BCUT2D eigenvalue weighted by molar-refractivity contribution is 0.142. The monoisotopic (exact) mass is 388 g/mol. The second-order valence-electron chi connectivity index (χ2n) is 5.43. The van der Waals surface area contributed by atoms with E-state index in [-0.39, 0.29) is 12.7 Å². The summed E-state index contributed by atoms with van der Waals surface area (Å²) in [5, 5.41) is 10.1. The number of fused-ring (bicyclic) bond motifs is 1. The molecule has 5 nitrogen and oxygen atoms in total. The van der Waals surface area contributed by atoms with E-state index in [9.17, 15) is 0 Å². The molecule has 0 amide bonds. The average Bonchev–Trinajstić information content (AvgIpc) is 2.60. The molecule has 0 aliphatic carbocycles. The van der Waals surface area contributed by atoms with Crippen LogP contribution in [0.2, 0.25) is 0 Å². The quantitative estimate of drug-likeness (QED) is 0.696. The predicted octanol–water partition coefficient (Wildman–Crippen LogP) is 3.73. The molecule has 0 radical (unpaired) electrons. The van der Waals surface area contributed by atoms with Gasteiger partial charge in [0.25, 0.3) is 0 Å². The molecule has 0 saturated carbocycles. The third-order valence-corrected chi connectivity index (χ3v) is 3.89. The first-order valence-corrected chi connectivity index (χ1v) is 8.33. The summed E-state index contributed by atoms with van der Waals surface area (Å²) < 4.78 is 12.5. The summed E-state index contributed by atoms with van der Waals surface area (Å²) in [5.74, 6) is 1.30. The smallest absolute Gasteiger partial charge is 0.138 e. The fourth-order valence-electron chi connectivity index (χ4n) is 2.26. The summed E-state index contributed by atoms with van der Waals surface area (Å²) in [6.45, 7) is 2.23.